The first kappa shape index (κ1) is 18.8. The van der Waals surface area contributed by atoms with Crippen LogP contribution in [0.4, 0.5) is 4.39 Å². The maximum absolute atomic E-state index is 12.9. The zero-order valence-corrected chi connectivity index (χ0v) is 14.9. The number of ether oxygens (including phenoxy) is 1. The Hall–Kier alpha value is -2.93. The van der Waals surface area contributed by atoms with Crippen molar-refractivity contribution in [3.8, 4) is 5.75 Å². The second-order valence-electron chi connectivity index (χ2n) is 6.46. The van der Waals surface area contributed by atoms with Crippen LogP contribution in [0, 0.1) is 5.82 Å². The standard InChI is InChI=1S/C20H22FN3O3/c21-17-4-6-18(7-5-17)27-14-19(25)24-10-8-23(9-11-24)13-15-2-1-3-16(12-15)20(22)26/h1-7,12H,8-11,13-14H2,(H2,22,26). The molecule has 0 saturated carbocycles. The second kappa shape index (κ2) is 8.64. The number of halogens is 1. The van der Waals surface area contributed by atoms with Gasteiger partial charge in [0, 0.05) is 38.3 Å². The van der Waals surface area contributed by atoms with Gasteiger partial charge in [0.2, 0.25) is 5.91 Å². The molecule has 27 heavy (non-hydrogen) atoms. The predicted octanol–water partition coefficient (Wildman–Crippen LogP) is 1.65. The molecule has 0 unspecified atom stereocenters. The van der Waals surface area contributed by atoms with E-state index in [0.29, 0.717) is 30.9 Å². The van der Waals surface area contributed by atoms with Gasteiger partial charge in [0.25, 0.3) is 5.91 Å². The monoisotopic (exact) mass is 371 g/mol. The largest absolute Gasteiger partial charge is 0.484 e. The van der Waals surface area contributed by atoms with E-state index in [-0.39, 0.29) is 18.3 Å². The highest BCUT2D eigenvalue weighted by atomic mass is 19.1. The molecular weight excluding hydrogens is 349 g/mol. The van der Waals surface area contributed by atoms with Crippen molar-refractivity contribution in [1.82, 2.24) is 9.80 Å². The van der Waals surface area contributed by atoms with Crippen LogP contribution < -0.4 is 10.5 Å². The summed E-state index contributed by atoms with van der Waals surface area (Å²) in [6.45, 7) is 3.34. The Labute approximate surface area is 157 Å². The van der Waals surface area contributed by atoms with Gasteiger partial charge in [-0.1, -0.05) is 12.1 Å². The van der Waals surface area contributed by atoms with Crippen LogP contribution in [0.25, 0.3) is 0 Å². The average Bonchev–Trinajstić information content (AvgIpc) is 2.68. The molecule has 1 saturated heterocycles. The molecule has 1 aliphatic heterocycles. The van der Waals surface area contributed by atoms with Crippen LogP contribution in [0.2, 0.25) is 0 Å². The van der Waals surface area contributed by atoms with Gasteiger partial charge in [-0.05, 0) is 42.0 Å². The Kier molecular flexibility index (Phi) is 6.03. The molecule has 0 aliphatic carbocycles. The summed E-state index contributed by atoms with van der Waals surface area (Å²) in [4.78, 5) is 27.5. The lowest BCUT2D eigenvalue weighted by atomic mass is 10.1. The fraction of sp³-hybridized carbons (Fsp3) is 0.300. The van der Waals surface area contributed by atoms with E-state index < -0.39 is 5.91 Å². The Morgan fingerprint density at radius 1 is 1.04 bits per heavy atom. The van der Waals surface area contributed by atoms with Crippen LogP contribution in [0.5, 0.6) is 5.75 Å². The number of carbonyl (C=O) groups excluding carboxylic acids is 2. The zero-order valence-electron chi connectivity index (χ0n) is 14.9. The van der Waals surface area contributed by atoms with Gasteiger partial charge in [0.1, 0.15) is 11.6 Å². The number of nitrogens with zero attached hydrogens (tertiary/aromatic N) is 2. The highest BCUT2D eigenvalue weighted by Crippen LogP contribution is 2.13. The number of hydrogen-bond donors (Lipinski definition) is 1. The molecule has 1 heterocycles. The molecule has 142 valence electrons. The van der Waals surface area contributed by atoms with E-state index in [2.05, 4.69) is 4.90 Å². The number of hydrogen-bond acceptors (Lipinski definition) is 4. The summed E-state index contributed by atoms with van der Waals surface area (Å²) >= 11 is 0. The van der Waals surface area contributed by atoms with Crippen molar-refractivity contribution in [3.05, 3.63) is 65.5 Å². The number of benzene rings is 2. The minimum atomic E-state index is -0.437. The van der Waals surface area contributed by atoms with E-state index in [1.807, 2.05) is 12.1 Å². The number of carbonyl (C=O) groups is 2. The molecule has 3 rings (SSSR count). The summed E-state index contributed by atoms with van der Waals surface area (Å²) in [7, 11) is 0. The summed E-state index contributed by atoms with van der Waals surface area (Å²) in [6, 6.07) is 12.9. The van der Waals surface area contributed by atoms with Gasteiger partial charge in [-0.2, -0.15) is 0 Å². The first-order chi connectivity index (χ1) is 13.0. The van der Waals surface area contributed by atoms with Crippen LogP contribution in [0.15, 0.2) is 48.5 Å². The number of piperazine rings is 1. The topological polar surface area (TPSA) is 75.9 Å². The van der Waals surface area contributed by atoms with E-state index >= 15 is 0 Å². The van der Waals surface area contributed by atoms with Gasteiger partial charge >= 0.3 is 0 Å². The Morgan fingerprint density at radius 2 is 1.74 bits per heavy atom. The molecule has 0 atom stereocenters. The van der Waals surface area contributed by atoms with Crippen LogP contribution in [0.1, 0.15) is 15.9 Å². The van der Waals surface area contributed by atoms with Crippen molar-refractivity contribution < 1.29 is 18.7 Å². The quantitative estimate of drug-likeness (QED) is 0.838. The van der Waals surface area contributed by atoms with Gasteiger partial charge in [-0.3, -0.25) is 14.5 Å². The summed E-state index contributed by atoms with van der Waals surface area (Å²) in [6.07, 6.45) is 0. The maximum Gasteiger partial charge on any atom is 0.260 e. The highest BCUT2D eigenvalue weighted by Gasteiger charge is 2.21. The molecule has 2 aromatic carbocycles. The number of rotatable bonds is 6. The first-order valence-electron chi connectivity index (χ1n) is 8.78. The maximum atomic E-state index is 12.9. The van der Waals surface area contributed by atoms with Crippen molar-refractivity contribution >= 4 is 11.8 Å². The highest BCUT2D eigenvalue weighted by molar-refractivity contribution is 5.92. The molecule has 0 bridgehead atoms. The molecule has 7 heteroatoms. The zero-order chi connectivity index (χ0) is 19.2. The van der Waals surface area contributed by atoms with Crippen molar-refractivity contribution in [2.75, 3.05) is 32.8 Å². The fourth-order valence-electron chi connectivity index (χ4n) is 3.00. The van der Waals surface area contributed by atoms with Crippen molar-refractivity contribution in [2.45, 2.75) is 6.54 Å². The normalized spacial score (nSPS) is 14.8. The average molecular weight is 371 g/mol. The van der Waals surface area contributed by atoms with Gasteiger partial charge in [-0.25, -0.2) is 4.39 Å². The first-order valence-corrected chi connectivity index (χ1v) is 8.78. The molecule has 6 nitrogen and oxygen atoms in total. The lowest BCUT2D eigenvalue weighted by Crippen LogP contribution is -2.49. The van der Waals surface area contributed by atoms with E-state index in [1.54, 1.807) is 17.0 Å². The van der Waals surface area contributed by atoms with Crippen LogP contribution in [-0.4, -0.2) is 54.4 Å². The smallest absolute Gasteiger partial charge is 0.260 e. The number of amides is 2. The van der Waals surface area contributed by atoms with Gasteiger partial charge in [0.15, 0.2) is 6.61 Å². The third kappa shape index (κ3) is 5.27. The van der Waals surface area contributed by atoms with Crippen molar-refractivity contribution in [1.29, 1.82) is 0 Å². The fourth-order valence-corrected chi connectivity index (χ4v) is 3.00. The van der Waals surface area contributed by atoms with E-state index in [4.69, 9.17) is 10.5 Å². The minimum absolute atomic E-state index is 0.0632. The van der Waals surface area contributed by atoms with Crippen LogP contribution in [0.3, 0.4) is 0 Å². The molecule has 0 spiro atoms. The molecule has 2 aromatic rings. The van der Waals surface area contributed by atoms with Crippen LogP contribution >= 0.6 is 0 Å². The molecule has 1 aliphatic rings. The molecular formula is C20H22FN3O3. The number of nitrogens with two attached hydrogens (primary N) is 1. The van der Waals surface area contributed by atoms with Crippen LogP contribution in [-0.2, 0) is 11.3 Å². The third-order valence-corrected chi connectivity index (χ3v) is 4.52. The van der Waals surface area contributed by atoms with Crippen molar-refractivity contribution in [2.24, 2.45) is 5.73 Å². The molecule has 0 aromatic heterocycles. The molecule has 2 N–H and O–H groups in total. The molecule has 2 amide bonds. The lowest BCUT2D eigenvalue weighted by Gasteiger charge is -2.34. The summed E-state index contributed by atoms with van der Waals surface area (Å²) in [5.41, 5.74) is 6.84. The van der Waals surface area contributed by atoms with Gasteiger partial charge < -0.3 is 15.4 Å². The third-order valence-electron chi connectivity index (χ3n) is 4.52. The summed E-state index contributed by atoms with van der Waals surface area (Å²) in [5.74, 6) is -0.396. The van der Waals surface area contributed by atoms with Crippen molar-refractivity contribution in [3.63, 3.8) is 0 Å². The van der Waals surface area contributed by atoms with Gasteiger partial charge in [0.05, 0.1) is 0 Å². The molecule has 0 radical (unpaired) electrons. The van der Waals surface area contributed by atoms with E-state index in [9.17, 15) is 14.0 Å². The Balaban J connectivity index is 1.45. The second-order valence-corrected chi connectivity index (χ2v) is 6.46. The molecule has 1 fully saturated rings. The Bertz CT molecular complexity index is 802. The lowest BCUT2D eigenvalue weighted by molar-refractivity contribution is -0.135. The Morgan fingerprint density at radius 3 is 2.41 bits per heavy atom. The van der Waals surface area contributed by atoms with E-state index in [0.717, 1.165) is 18.7 Å². The summed E-state index contributed by atoms with van der Waals surface area (Å²) in [5, 5.41) is 0. The predicted molar refractivity (Wildman–Crippen MR) is 98.7 cm³/mol. The summed E-state index contributed by atoms with van der Waals surface area (Å²) < 4.78 is 18.3. The van der Waals surface area contributed by atoms with Gasteiger partial charge in [-0.15, -0.1) is 0 Å². The van der Waals surface area contributed by atoms with E-state index in [1.165, 1.54) is 24.3 Å². The minimum Gasteiger partial charge on any atom is -0.484 e. The SMILES string of the molecule is NC(=O)c1cccc(CN2CCN(C(=O)COc3ccc(F)cc3)CC2)c1. The number of primary amides is 1.